The molecule has 0 spiro atoms. The van der Waals surface area contributed by atoms with Gasteiger partial charge in [-0.15, -0.1) is 0 Å². The molecule has 0 saturated carbocycles. The first-order chi connectivity index (χ1) is 14.3. The Morgan fingerprint density at radius 2 is 2.07 bits per heavy atom. The number of nitro benzene ring substituents is 1. The Balaban J connectivity index is 2.06. The van der Waals surface area contributed by atoms with Gasteiger partial charge in [0, 0.05) is 22.5 Å². The third-order valence-electron chi connectivity index (χ3n) is 5.63. The smallest absolute Gasteiger partial charge is 0.323 e. The fraction of sp³-hybridized carbons (Fsp3) is 0.333. The van der Waals surface area contributed by atoms with Gasteiger partial charge in [0.2, 0.25) is 5.75 Å². The molecule has 0 amide bonds. The largest absolute Gasteiger partial charge is 0.484 e. The highest BCUT2D eigenvalue weighted by atomic mass is 79.9. The lowest BCUT2D eigenvalue weighted by atomic mass is 9.99. The van der Waals surface area contributed by atoms with Gasteiger partial charge in [0.1, 0.15) is 0 Å². The summed E-state index contributed by atoms with van der Waals surface area (Å²) in [6, 6.07) is 3.09. The predicted octanol–water partition coefficient (Wildman–Crippen LogP) is 4.43. The minimum absolute atomic E-state index is 0.0839. The van der Waals surface area contributed by atoms with Gasteiger partial charge in [0.15, 0.2) is 5.82 Å². The van der Waals surface area contributed by atoms with Crippen LogP contribution in [0.15, 0.2) is 16.9 Å². The highest BCUT2D eigenvalue weighted by molar-refractivity contribution is 9.09. The van der Waals surface area contributed by atoms with Crippen molar-refractivity contribution in [2.75, 3.05) is 11.9 Å². The van der Waals surface area contributed by atoms with Crippen molar-refractivity contribution in [2.24, 2.45) is 0 Å². The average Bonchev–Trinajstić information content (AvgIpc) is 3.07. The number of ether oxygens (including phenoxy) is 1. The Hall–Kier alpha value is -2.81. The number of hydrogen-bond donors (Lipinski definition) is 0. The van der Waals surface area contributed by atoms with Crippen LogP contribution in [-0.4, -0.2) is 26.4 Å². The zero-order chi connectivity index (χ0) is 21.7. The van der Waals surface area contributed by atoms with Crippen LogP contribution in [0.1, 0.15) is 29.2 Å². The normalized spacial score (nSPS) is 12.2. The Morgan fingerprint density at radius 1 is 1.33 bits per heavy atom. The zero-order valence-corrected chi connectivity index (χ0v) is 18.3. The molecular formula is C21H19BrFN3O4. The maximum absolute atomic E-state index is 14.7. The predicted molar refractivity (Wildman–Crippen MR) is 115 cm³/mol. The second kappa shape index (κ2) is 7.46. The van der Waals surface area contributed by atoms with Gasteiger partial charge in [-0.2, -0.15) is 0 Å². The molecule has 9 heteroatoms. The molecule has 2 aromatic heterocycles. The number of aryl methyl sites for hydroxylation is 2. The zero-order valence-electron chi connectivity index (χ0n) is 16.7. The van der Waals surface area contributed by atoms with E-state index in [4.69, 9.17) is 4.74 Å². The third kappa shape index (κ3) is 2.91. The fourth-order valence-corrected chi connectivity index (χ4v) is 4.28. The molecule has 3 heterocycles. The summed E-state index contributed by atoms with van der Waals surface area (Å²) in [5, 5.41) is 12.5. The van der Waals surface area contributed by atoms with Crippen LogP contribution in [0.4, 0.5) is 10.1 Å². The number of nitrogens with zero attached hydrogens (tertiary/aromatic N) is 3. The number of alkyl halides is 1. The molecule has 1 aliphatic rings. The second-order valence-corrected chi connectivity index (χ2v) is 8.01. The molecule has 0 saturated heterocycles. The number of benzene rings is 1. The van der Waals surface area contributed by atoms with Gasteiger partial charge in [-0.05, 0) is 37.5 Å². The van der Waals surface area contributed by atoms with Gasteiger partial charge in [0.25, 0.3) is 5.56 Å². The number of aromatic nitrogens is 2. The Bertz CT molecular complexity index is 1290. The van der Waals surface area contributed by atoms with Crippen LogP contribution >= 0.6 is 15.9 Å². The van der Waals surface area contributed by atoms with Crippen molar-refractivity contribution in [3.8, 4) is 17.1 Å². The Kier molecular flexibility index (Phi) is 5.09. The van der Waals surface area contributed by atoms with Crippen LogP contribution in [-0.2, 0) is 13.0 Å². The van der Waals surface area contributed by atoms with E-state index in [0.29, 0.717) is 34.3 Å². The molecule has 0 atom stereocenters. The van der Waals surface area contributed by atoms with E-state index in [1.165, 1.54) is 0 Å². The lowest BCUT2D eigenvalue weighted by Gasteiger charge is -2.12. The van der Waals surface area contributed by atoms with Gasteiger partial charge in [-0.1, -0.05) is 22.9 Å². The van der Waals surface area contributed by atoms with Gasteiger partial charge in [0.05, 0.1) is 40.4 Å². The number of fused-ring (bicyclic) bond motifs is 4. The first-order valence-electron chi connectivity index (χ1n) is 9.52. The van der Waals surface area contributed by atoms with E-state index in [9.17, 15) is 19.3 Å². The Morgan fingerprint density at radius 3 is 2.70 bits per heavy atom. The summed E-state index contributed by atoms with van der Waals surface area (Å²) in [5.41, 5.74) is 3.78. The molecular weight excluding hydrogens is 457 g/mol. The number of hydrogen-bond acceptors (Lipinski definition) is 5. The monoisotopic (exact) mass is 475 g/mol. The molecule has 30 heavy (non-hydrogen) atoms. The summed E-state index contributed by atoms with van der Waals surface area (Å²) >= 11 is 3.18. The molecule has 1 aliphatic heterocycles. The van der Waals surface area contributed by atoms with Crippen molar-refractivity contribution in [2.45, 2.75) is 33.7 Å². The standard InChI is InChI=1S/C21H19BrFN3O4/c1-4-12-7-16-18-13(9-25(16)21(27)10(12)2)11(3)17-15(24-18)8-14(23)20(30-6-5-22)19(17)26(28)29/h7-8H,4-6,9H2,1-3H3. The van der Waals surface area contributed by atoms with Crippen LogP contribution in [0.2, 0.25) is 0 Å². The van der Waals surface area contributed by atoms with Crippen LogP contribution < -0.4 is 10.3 Å². The van der Waals surface area contributed by atoms with E-state index in [0.717, 1.165) is 17.2 Å². The van der Waals surface area contributed by atoms with Gasteiger partial charge in [-0.25, -0.2) is 9.37 Å². The van der Waals surface area contributed by atoms with Crippen molar-refractivity contribution in [3.05, 3.63) is 60.7 Å². The molecule has 0 N–H and O–H groups in total. The maximum Gasteiger partial charge on any atom is 0.323 e. The molecule has 0 aliphatic carbocycles. The summed E-state index contributed by atoms with van der Waals surface area (Å²) in [6.45, 7) is 5.87. The van der Waals surface area contributed by atoms with Crippen molar-refractivity contribution in [1.82, 2.24) is 9.55 Å². The van der Waals surface area contributed by atoms with Crippen molar-refractivity contribution < 1.29 is 14.1 Å². The van der Waals surface area contributed by atoms with Crippen molar-refractivity contribution in [3.63, 3.8) is 0 Å². The van der Waals surface area contributed by atoms with Crippen LogP contribution in [0, 0.1) is 29.8 Å². The van der Waals surface area contributed by atoms with Gasteiger partial charge >= 0.3 is 5.69 Å². The maximum atomic E-state index is 14.7. The van der Waals surface area contributed by atoms with E-state index < -0.39 is 22.2 Å². The quantitative estimate of drug-likeness (QED) is 0.242. The molecule has 0 unspecified atom stereocenters. The molecule has 4 rings (SSSR count). The molecule has 0 radical (unpaired) electrons. The first-order valence-corrected chi connectivity index (χ1v) is 10.6. The Labute approximate surface area is 179 Å². The third-order valence-corrected chi connectivity index (χ3v) is 5.95. The lowest BCUT2D eigenvalue weighted by Crippen LogP contribution is -2.22. The molecule has 1 aromatic carbocycles. The minimum Gasteiger partial charge on any atom is -0.484 e. The topological polar surface area (TPSA) is 87.3 Å². The number of rotatable bonds is 5. The summed E-state index contributed by atoms with van der Waals surface area (Å²) < 4.78 is 21.7. The molecule has 0 fully saturated rings. The molecule has 3 aromatic rings. The van der Waals surface area contributed by atoms with E-state index in [1.807, 2.05) is 13.0 Å². The van der Waals surface area contributed by atoms with Crippen molar-refractivity contribution >= 4 is 32.5 Å². The van der Waals surface area contributed by atoms with Gasteiger partial charge in [-0.3, -0.25) is 14.9 Å². The summed E-state index contributed by atoms with van der Waals surface area (Å²) in [5.74, 6) is -1.23. The van der Waals surface area contributed by atoms with Gasteiger partial charge < -0.3 is 9.30 Å². The number of nitro groups is 1. The number of halogens is 2. The second-order valence-electron chi connectivity index (χ2n) is 7.21. The molecule has 0 bridgehead atoms. The fourth-order valence-electron chi connectivity index (χ4n) is 4.12. The summed E-state index contributed by atoms with van der Waals surface area (Å²) in [6.07, 6.45) is 0.700. The summed E-state index contributed by atoms with van der Waals surface area (Å²) in [7, 11) is 0. The first kappa shape index (κ1) is 20.5. The van der Waals surface area contributed by atoms with E-state index in [2.05, 4.69) is 20.9 Å². The van der Waals surface area contributed by atoms with E-state index >= 15 is 0 Å². The highest BCUT2D eigenvalue weighted by Gasteiger charge is 2.32. The van der Waals surface area contributed by atoms with Crippen LogP contribution in [0.3, 0.4) is 0 Å². The highest BCUT2D eigenvalue weighted by Crippen LogP contribution is 2.43. The minimum atomic E-state index is -0.837. The molecule has 7 nitrogen and oxygen atoms in total. The lowest BCUT2D eigenvalue weighted by molar-refractivity contribution is -0.384. The number of pyridine rings is 2. The van der Waals surface area contributed by atoms with Crippen LogP contribution in [0.25, 0.3) is 22.3 Å². The van der Waals surface area contributed by atoms with Crippen molar-refractivity contribution in [1.29, 1.82) is 0 Å². The molecule has 156 valence electrons. The van der Waals surface area contributed by atoms with Crippen LogP contribution in [0.5, 0.6) is 5.75 Å². The average molecular weight is 476 g/mol. The van der Waals surface area contributed by atoms with E-state index in [1.54, 1.807) is 18.4 Å². The van der Waals surface area contributed by atoms with E-state index in [-0.39, 0.29) is 29.6 Å². The summed E-state index contributed by atoms with van der Waals surface area (Å²) in [4.78, 5) is 28.7. The SMILES string of the molecule is CCc1cc2n(c(=O)c1C)Cc1c-2nc2cc(F)c(OCCBr)c([N+](=O)[O-])c2c1C.